The fourth-order valence-corrected chi connectivity index (χ4v) is 3.06. The quantitative estimate of drug-likeness (QED) is 0.687. The highest BCUT2D eigenvalue weighted by molar-refractivity contribution is 4.75. The molecule has 0 radical (unpaired) electrons. The fourth-order valence-electron chi connectivity index (χ4n) is 3.06. The molecule has 2 aliphatic rings. The van der Waals surface area contributed by atoms with Crippen molar-refractivity contribution in [1.82, 2.24) is 15.5 Å². The Hall–Kier alpha value is -0.120. The van der Waals surface area contributed by atoms with Gasteiger partial charge in [-0.25, -0.2) is 0 Å². The molecule has 0 aromatic carbocycles. The molecule has 2 aliphatic heterocycles. The van der Waals surface area contributed by atoms with E-state index in [1.165, 1.54) is 71.2 Å². The van der Waals surface area contributed by atoms with E-state index < -0.39 is 0 Å². The number of hydrogen-bond donors (Lipinski definition) is 2. The molecule has 17 heavy (non-hydrogen) atoms. The van der Waals surface area contributed by atoms with Crippen molar-refractivity contribution < 1.29 is 0 Å². The van der Waals surface area contributed by atoms with Crippen LogP contribution in [-0.2, 0) is 0 Å². The Morgan fingerprint density at radius 3 is 2.59 bits per heavy atom. The van der Waals surface area contributed by atoms with E-state index in [2.05, 4.69) is 22.6 Å². The molecule has 3 heteroatoms. The largest absolute Gasteiger partial charge is 0.317 e. The first-order valence-electron chi connectivity index (χ1n) is 7.47. The van der Waals surface area contributed by atoms with Gasteiger partial charge in [-0.2, -0.15) is 0 Å². The zero-order valence-electron chi connectivity index (χ0n) is 11.4. The maximum Gasteiger partial charge on any atom is 0.00796 e. The summed E-state index contributed by atoms with van der Waals surface area (Å²) in [5, 5.41) is 7.17. The number of likely N-dealkylation sites (tertiary alicyclic amines) is 1. The molecule has 0 spiro atoms. The Kier molecular flexibility index (Phi) is 5.75. The molecule has 0 aromatic heterocycles. The van der Waals surface area contributed by atoms with Crippen LogP contribution in [0.5, 0.6) is 0 Å². The topological polar surface area (TPSA) is 27.3 Å². The van der Waals surface area contributed by atoms with Crippen molar-refractivity contribution in [1.29, 1.82) is 0 Å². The van der Waals surface area contributed by atoms with Crippen molar-refractivity contribution in [2.45, 2.75) is 44.6 Å². The molecule has 100 valence electrons. The van der Waals surface area contributed by atoms with Crippen molar-refractivity contribution in [3.63, 3.8) is 0 Å². The minimum Gasteiger partial charge on any atom is -0.317 e. The Bertz CT molecular complexity index is 194. The van der Waals surface area contributed by atoms with Gasteiger partial charge < -0.3 is 15.5 Å². The molecule has 0 aromatic rings. The fraction of sp³-hybridized carbons (Fsp3) is 1.00. The van der Waals surface area contributed by atoms with Crippen molar-refractivity contribution in [2.24, 2.45) is 5.92 Å². The smallest absolute Gasteiger partial charge is 0.00796 e. The van der Waals surface area contributed by atoms with Gasteiger partial charge in [0.15, 0.2) is 0 Å². The van der Waals surface area contributed by atoms with Crippen molar-refractivity contribution in [2.75, 3.05) is 39.8 Å². The first-order valence-corrected chi connectivity index (χ1v) is 7.47. The number of hydrogen-bond acceptors (Lipinski definition) is 3. The van der Waals surface area contributed by atoms with Crippen LogP contribution in [0.4, 0.5) is 0 Å². The monoisotopic (exact) mass is 239 g/mol. The second-order valence-electron chi connectivity index (χ2n) is 5.87. The van der Waals surface area contributed by atoms with Gasteiger partial charge in [0.25, 0.3) is 0 Å². The van der Waals surface area contributed by atoms with Crippen LogP contribution in [0.15, 0.2) is 0 Å². The van der Waals surface area contributed by atoms with Crippen molar-refractivity contribution in [3.8, 4) is 0 Å². The van der Waals surface area contributed by atoms with Gasteiger partial charge in [0.2, 0.25) is 0 Å². The van der Waals surface area contributed by atoms with Crippen LogP contribution in [0.25, 0.3) is 0 Å². The Labute approximate surface area is 106 Å². The van der Waals surface area contributed by atoms with Gasteiger partial charge in [-0.15, -0.1) is 0 Å². The molecule has 0 bridgehead atoms. The molecule has 1 atom stereocenters. The highest BCUT2D eigenvalue weighted by Gasteiger charge is 2.16. The van der Waals surface area contributed by atoms with E-state index in [1.807, 2.05) is 0 Å². The molecule has 2 rings (SSSR count). The van der Waals surface area contributed by atoms with Gasteiger partial charge in [-0.05, 0) is 84.2 Å². The summed E-state index contributed by atoms with van der Waals surface area (Å²) in [4.78, 5) is 2.45. The number of nitrogens with one attached hydrogen (secondary N) is 2. The molecule has 1 unspecified atom stereocenters. The van der Waals surface area contributed by atoms with E-state index in [0.29, 0.717) is 0 Å². The summed E-state index contributed by atoms with van der Waals surface area (Å²) >= 11 is 0. The number of piperidine rings is 1. The van der Waals surface area contributed by atoms with Crippen molar-refractivity contribution in [3.05, 3.63) is 0 Å². The number of nitrogens with zero attached hydrogens (tertiary/aromatic N) is 1. The van der Waals surface area contributed by atoms with E-state index in [-0.39, 0.29) is 0 Å². The molecular weight excluding hydrogens is 210 g/mol. The Balaban J connectivity index is 1.43. The summed E-state index contributed by atoms with van der Waals surface area (Å²) in [6.07, 6.45) is 8.26. The third kappa shape index (κ3) is 4.94. The zero-order chi connectivity index (χ0) is 11.9. The molecule has 0 amide bonds. The van der Waals surface area contributed by atoms with Gasteiger partial charge >= 0.3 is 0 Å². The SMILES string of the molecule is CN1CCC(CCNCCC2CCCN2)CC1. The highest BCUT2D eigenvalue weighted by atomic mass is 15.1. The van der Waals surface area contributed by atoms with Crippen LogP contribution in [0.1, 0.15) is 38.5 Å². The molecule has 2 fully saturated rings. The average Bonchev–Trinajstić information content (AvgIpc) is 2.84. The van der Waals surface area contributed by atoms with E-state index in [0.717, 1.165) is 12.0 Å². The first kappa shape index (κ1) is 13.3. The molecule has 2 N–H and O–H groups in total. The lowest BCUT2D eigenvalue weighted by molar-refractivity contribution is 0.211. The van der Waals surface area contributed by atoms with Gasteiger partial charge in [0.05, 0.1) is 0 Å². The predicted octanol–water partition coefficient (Wildman–Crippen LogP) is 1.45. The summed E-state index contributed by atoms with van der Waals surface area (Å²) in [6, 6.07) is 0.797. The maximum absolute atomic E-state index is 3.62. The summed E-state index contributed by atoms with van der Waals surface area (Å²) in [7, 11) is 2.24. The lowest BCUT2D eigenvalue weighted by atomic mass is 9.94. The minimum absolute atomic E-state index is 0.797. The van der Waals surface area contributed by atoms with Gasteiger partial charge in [-0.1, -0.05) is 0 Å². The third-order valence-corrected chi connectivity index (χ3v) is 4.40. The van der Waals surface area contributed by atoms with Gasteiger partial charge in [0, 0.05) is 6.04 Å². The van der Waals surface area contributed by atoms with E-state index in [9.17, 15) is 0 Å². The predicted molar refractivity (Wildman–Crippen MR) is 73.3 cm³/mol. The Morgan fingerprint density at radius 1 is 1.12 bits per heavy atom. The standard InChI is InChI=1S/C14H29N3/c1-17-11-6-13(7-12-17)4-9-15-10-5-14-3-2-8-16-14/h13-16H,2-12H2,1H3. The normalized spacial score (nSPS) is 27.7. The lowest BCUT2D eigenvalue weighted by Crippen LogP contribution is -2.32. The molecule has 0 saturated carbocycles. The van der Waals surface area contributed by atoms with Crippen LogP contribution < -0.4 is 10.6 Å². The summed E-state index contributed by atoms with van der Waals surface area (Å²) < 4.78 is 0. The van der Waals surface area contributed by atoms with Crippen LogP contribution in [0.2, 0.25) is 0 Å². The molecule has 2 saturated heterocycles. The summed E-state index contributed by atoms with van der Waals surface area (Å²) in [5.74, 6) is 0.975. The van der Waals surface area contributed by atoms with Crippen LogP contribution in [0, 0.1) is 5.92 Å². The van der Waals surface area contributed by atoms with Crippen LogP contribution in [0.3, 0.4) is 0 Å². The molecule has 0 aliphatic carbocycles. The Morgan fingerprint density at radius 2 is 1.88 bits per heavy atom. The second-order valence-corrected chi connectivity index (χ2v) is 5.87. The van der Waals surface area contributed by atoms with E-state index in [1.54, 1.807) is 0 Å². The number of rotatable bonds is 6. The minimum atomic E-state index is 0.797. The van der Waals surface area contributed by atoms with Crippen LogP contribution >= 0.6 is 0 Å². The lowest BCUT2D eigenvalue weighted by Gasteiger charge is -2.28. The van der Waals surface area contributed by atoms with Gasteiger partial charge in [0.1, 0.15) is 0 Å². The average molecular weight is 239 g/mol. The zero-order valence-corrected chi connectivity index (χ0v) is 11.4. The second kappa shape index (κ2) is 7.34. The first-order chi connectivity index (χ1) is 8.34. The highest BCUT2D eigenvalue weighted by Crippen LogP contribution is 2.18. The maximum atomic E-state index is 3.62. The van der Waals surface area contributed by atoms with E-state index >= 15 is 0 Å². The molecule has 2 heterocycles. The third-order valence-electron chi connectivity index (χ3n) is 4.40. The van der Waals surface area contributed by atoms with Crippen molar-refractivity contribution >= 4 is 0 Å². The van der Waals surface area contributed by atoms with Gasteiger partial charge in [-0.3, -0.25) is 0 Å². The van der Waals surface area contributed by atoms with Crippen LogP contribution in [-0.4, -0.2) is 50.7 Å². The molecule has 3 nitrogen and oxygen atoms in total. The summed E-state index contributed by atoms with van der Waals surface area (Å²) in [5.41, 5.74) is 0. The molecular formula is C14H29N3. The van der Waals surface area contributed by atoms with E-state index in [4.69, 9.17) is 0 Å². The summed E-state index contributed by atoms with van der Waals surface area (Å²) in [6.45, 7) is 6.26.